The molecule has 0 aliphatic rings. The molecular weight excluding hydrogens is 244 g/mol. The molecule has 18 heavy (non-hydrogen) atoms. The number of para-hydroxylation sites is 1. The van der Waals surface area contributed by atoms with E-state index in [1.165, 1.54) is 0 Å². The molecule has 0 radical (unpaired) electrons. The number of nitrogens with two attached hydrogens (primary N) is 1. The van der Waals surface area contributed by atoms with Crippen LogP contribution < -0.4 is 5.73 Å². The van der Waals surface area contributed by atoms with Gasteiger partial charge in [-0.05, 0) is 12.1 Å². The summed E-state index contributed by atoms with van der Waals surface area (Å²) in [5.74, 6) is 0.758. The molecule has 0 atom stereocenters. The minimum absolute atomic E-state index is 0.370. The van der Waals surface area contributed by atoms with E-state index in [9.17, 15) is 0 Å². The van der Waals surface area contributed by atoms with E-state index in [2.05, 4.69) is 9.97 Å². The van der Waals surface area contributed by atoms with Crippen molar-refractivity contribution in [2.75, 3.05) is 0 Å². The molecule has 0 saturated carbocycles. The van der Waals surface area contributed by atoms with Crippen molar-refractivity contribution in [1.29, 1.82) is 0 Å². The monoisotopic (exact) mass is 254 g/mol. The van der Waals surface area contributed by atoms with Gasteiger partial charge < -0.3 is 5.73 Å². The zero-order valence-corrected chi connectivity index (χ0v) is 10.3. The predicted octanol–water partition coefficient (Wildman–Crippen LogP) is 2.05. The summed E-state index contributed by atoms with van der Waals surface area (Å²) in [6.45, 7) is 0. The third kappa shape index (κ3) is 1.74. The maximum absolute atomic E-state index is 5.78. The van der Waals surface area contributed by atoms with Crippen molar-refractivity contribution in [3.05, 3.63) is 54.6 Å². The van der Waals surface area contributed by atoms with Crippen LogP contribution in [0.25, 0.3) is 16.7 Å². The van der Waals surface area contributed by atoms with Gasteiger partial charge in [0.15, 0.2) is 0 Å². The number of nitrogens with zero attached hydrogens (tertiary/aromatic N) is 3. The summed E-state index contributed by atoms with van der Waals surface area (Å²) in [5.41, 5.74) is 7.48. The molecule has 3 aromatic rings. The molecule has 2 heterocycles. The van der Waals surface area contributed by atoms with Gasteiger partial charge in [0.25, 0.3) is 0 Å². The number of aromatic nitrogens is 3. The fraction of sp³-hybridized carbons (Fsp3) is 0. The summed E-state index contributed by atoms with van der Waals surface area (Å²) in [6, 6.07) is 9.68. The van der Waals surface area contributed by atoms with Gasteiger partial charge in [-0.1, -0.05) is 30.4 Å². The van der Waals surface area contributed by atoms with Crippen LogP contribution in [-0.2, 0) is 0 Å². The SMILES string of the molecule is NC(=S)c1cc(-n2ccnc2)nc2ccccc12. The molecule has 88 valence electrons. The van der Waals surface area contributed by atoms with Gasteiger partial charge >= 0.3 is 0 Å². The van der Waals surface area contributed by atoms with Gasteiger partial charge in [-0.2, -0.15) is 0 Å². The fourth-order valence-corrected chi connectivity index (χ4v) is 2.06. The zero-order valence-electron chi connectivity index (χ0n) is 9.45. The van der Waals surface area contributed by atoms with Gasteiger partial charge in [0.2, 0.25) is 0 Å². The van der Waals surface area contributed by atoms with Crippen molar-refractivity contribution in [2.45, 2.75) is 0 Å². The molecule has 2 N–H and O–H groups in total. The molecular formula is C13H10N4S. The van der Waals surface area contributed by atoms with Gasteiger partial charge in [-0.25, -0.2) is 9.97 Å². The topological polar surface area (TPSA) is 56.7 Å². The highest BCUT2D eigenvalue weighted by atomic mass is 32.1. The van der Waals surface area contributed by atoms with E-state index in [-0.39, 0.29) is 0 Å². The molecule has 0 aliphatic carbocycles. The van der Waals surface area contributed by atoms with E-state index in [4.69, 9.17) is 18.0 Å². The maximum atomic E-state index is 5.78. The van der Waals surface area contributed by atoms with E-state index in [1.807, 2.05) is 41.1 Å². The largest absolute Gasteiger partial charge is 0.389 e. The number of hydrogen-bond donors (Lipinski definition) is 1. The summed E-state index contributed by atoms with van der Waals surface area (Å²) in [6.07, 6.45) is 5.23. The zero-order chi connectivity index (χ0) is 12.5. The highest BCUT2D eigenvalue weighted by molar-refractivity contribution is 7.80. The smallest absolute Gasteiger partial charge is 0.139 e. The van der Waals surface area contributed by atoms with Gasteiger partial charge in [0.1, 0.15) is 17.1 Å². The summed E-state index contributed by atoms with van der Waals surface area (Å²) < 4.78 is 1.83. The minimum Gasteiger partial charge on any atom is -0.389 e. The Morgan fingerprint density at radius 1 is 1.28 bits per heavy atom. The van der Waals surface area contributed by atoms with Gasteiger partial charge in [-0.15, -0.1) is 0 Å². The van der Waals surface area contributed by atoms with Crippen LogP contribution in [0.3, 0.4) is 0 Å². The Kier molecular flexibility index (Phi) is 2.53. The van der Waals surface area contributed by atoms with Crippen molar-refractivity contribution in [1.82, 2.24) is 14.5 Å². The second-order valence-electron chi connectivity index (χ2n) is 3.88. The van der Waals surface area contributed by atoms with E-state index in [0.29, 0.717) is 4.99 Å². The Bertz CT molecular complexity index is 719. The predicted molar refractivity (Wildman–Crippen MR) is 74.8 cm³/mol. The lowest BCUT2D eigenvalue weighted by molar-refractivity contribution is 1.01. The normalized spacial score (nSPS) is 10.7. The van der Waals surface area contributed by atoms with E-state index < -0.39 is 0 Å². The lowest BCUT2D eigenvalue weighted by Gasteiger charge is -2.08. The number of pyridine rings is 1. The number of imidazole rings is 1. The first-order chi connectivity index (χ1) is 8.75. The van der Waals surface area contributed by atoms with Crippen LogP contribution >= 0.6 is 12.2 Å². The maximum Gasteiger partial charge on any atom is 0.139 e. The Balaban J connectivity index is 2.33. The molecule has 2 aromatic heterocycles. The number of rotatable bonds is 2. The van der Waals surface area contributed by atoms with Crippen LogP contribution in [0, 0.1) is 0 Å². The number of fused-ring (bicyclic) bond motifs is 1. The minimum atomic E-state index is 0.370. The first kappa shape index (κ1) is 10.9. The molecule has 4 nitrogen and oxygen atoms in total. The molecule has 1 aromatic carbocycles. The van der Waals surface area contributed by atoms with E-state index >= 15 is 0 Å². The van der Waals surface area contributed by atoms with Crippen LogP contribution in [0.5, 0.6) is 0 Å². The quantitative estimate of drug-likeness (QED) is 0.711. The van der Waals surface area contributed by atoms with Crippen molar-refractivity contribution in [3.63, 3.8) is 0 Å². The fourth-order valence-electron chi connectivity index (χ4n) is 1.89. The Morgan fingerprint density at radius 3 is 2.83 bits per heavy atom. The molecule has 5 heteroatoms. The summed E-state index contributed by atoms with van der Waals surface area (Å²) >= 11 is 5.10. The van der Waals surface area contributed by atoms with Gasteiger partial charge in [0, 0.05) is 23.3 Å². The van der Waals surface area contributed by atoms with Crippen molar-refractivity contribution >= 4 is 28.1 Å². The summed E-state index contributed by atoms with van der Waals surface area (Å²) in [4.78, 5) is 8.95. The highest BCUT2D eigenvalue weighted by Gasteiger charge is 2.08. The van der Waals surface area contributed by atoms with Gasteiger partial charge in [-0.3, -0.25) is 4.57 Å². The first-order valence-electron chi connectivity index (χ1n) is 5.43. The molecule has 0 aliphatic heterocycles. The van der Waals surface area contributed by atoms with Crippen LogP contribution in [0.2, 0.25) is 0 Å². The Hall–Kier alpha value is -2.27. The standard InChI is InChI=1S/C13H10N4S/c14-13(18)10-7-12(17-6-5-15-8-17)16-11-4-2-1-3-9(10)11/h1-8H,(H2,14,18). The third-order valence-electron chi connectivity index (χ3n) is 2.74. The lowest BCUT2D eigenvalue weighted by Crippen LogP contribution is -2.11. The Labute approximate surface area is 109 Å². The second-order valence-corrected chi connectivity index (χ2v) is 4.32. The molecule has 0 amide bonds. The molecule has 0 spiro atoms. The van der Waals surface area contributed by atoms with Crippen LogP contribution in [0.15, 0.2) is 49.1 Å². The third-order valence-corrected chi connectivity index (χ3v) is 2.96. The Morgan fingerprint density at radius 2 is 2.11 bits per heavy atom. The second kappa shape index (κ2) is 4.19. The average Bonchev–Trinajstić information content (AvgIpc) is 2.91. The number of benzene rings is 1. The van der Waals surface area contributed by atoms with Crippen LogP contribution in [-0.4, -0.2) is 19.5 Å². The lowest BCUT2D eigenvalue weighted by atomic mass is 10.1. The molecule has 0 saturated heterocycles. The average molecular weight is 254 g/mol. The molecule has 3 rings (SSSR count). The summed E-state index contributed by atoms with van der Waals surface area (Å²) in [7, 11) is 0. The number of thiocarbonyl (C=S) groups is 1. The van der Waals surface area contributed by atoms with Crippen molar-refractivity contribution < 1.29 is 0 Å². The molecule has 0 bridgehead atoms. The first-order valence-corrected chi connectivity index (χ1v) is 5.84. The van der Waals surface area contributed by atoms with E-state index in [1.54, 1.807) is 12.5 Å². The molecule has 0 unspecified atom stereocenters. The van der Waals surface area contributed by atoms with E-state index in [0.717, 1.165) is 22.3 Å². The van der Waals surface area contributed by atoms with Crippen LogP contribution in [0.1, 0.15) is 5.56 Å². The van der Waals surface area contributed by atoms with Crippen molar-refractivity contribution in [3.8, 4) is 5.82 Å². The summed E-state index contributed by atoms with van der Waals surface area (Å²) in [5, 5.41) is 0.967. The molecule has 0 fully saturated rings. The van der Waals surface area contributed by atoms with Gasteiger partial charge in [0.05, 0.1) is 5.52 Å². The van der Waals surface area contributed by atoms with Crippen molar-refractivity contribution in [2.24, 2.45) is 5.73 Å². The number of hydrogen-bond acceptors (Lipinski definition) is 3. The highest BCUT2D eigenvalue weighted by Crippen LogP contribution is 2.20. The van der Waals surface area contributed by atoms with Crippen LogP contribution in [0.4, 0.5) is 0 Å².